The van der Waals surface area contributed by atoms with Crippen LogP contribution in [0.4, 0.5) is 0 Å². The molecule has 0 N–H and O–H groups in total. The number of allylic oxidation sites excluding steroid dienone is 1. The largest absolute Gasteiger partial charge is 0.497 e. The first kappa shape index (κ1) is 18.5. The second-order valence-corrected chi connectivity index (χ2v) is 8.56. The minimum atomic E-state index is -0.275. The molecule has 146 valence electrons. The van der Waals surface area contributed by atoms with Gasteiger partial charge in [-0.25, -0.2) is 4.79 Å². The summed E-state index contributed by atoms with van der Waals surface area (Å²) in [6.07, 6.45) is 9.53. The first-order chi connectivity index (χ1) is 13.1. The van der Waals surface area contributed by atoms with Gasteiger partial charge < -0.3 is 9.47 Å². The smallest absolute Gasteiger partial charge is 0.330 e. The van der Waals surface area contributed by atoms with Crippen LogP contribution in [0.1, 0.15) is 43.7 Å². The van der Waals surface area contributed by atoms with Crippen LogP contribution in [0.25, 0.3) is 0 Å². The zero-order valence-corrected chi connectivity index (χ0v) is 16.7. The summed E-state index contributed by atoms with van der Waals surface area (Å²) in [4.78, 5) is 14.3. The molecule has 1 saturated carbocycles. The molecule has 1 unspecified atom stereocenters. The number of piperidine rings is 1. The van der Waals surface area contributed by atoms with Gasteiger partial charge in [0.15, 0.2) is 0 Å². The third kappa shape index (κ3) is 3.40. The first-order valence-electron chi connectivity index (χ1n) is 10.2. The number of nitrogens with zero attached hydrogens (tertiary/aromatic N) is 1. The van der Waals surface area contributed by atoms with Crippen molar-refractivity contribution in [2.24, 2.45) is 11.8 Å². The number of carbonyl (C=O) groups is 1. The number of likely N-dealkylation sites (tertiary alicyclic amines) is 1. The van der Waals surface area contributed by atoms with E-state index in [9.17, 15) is 4.79 Å². The molecule has 2 aliphatic carbocycles. The van der Waals surface area contributed by atoms with Crippen molar-refractivity contribution in [3.8, 4) is 5.75 Å². The maximum Gasteiger partial charge on any atom is 0.330 e. The fourth-order valence-electron chi connectivity index (χ4n) is 5.35. The van der Waals surface area contributed by atoms with Gasteiger partial charge in [0.25, 0.3) is 0 Å². The van der Waals surface area contributed by atoms with E-state index in [2.05, 4.69) is 30.0 Å². The molecule has 0 aromatic heterocycles. The summed E-state index contributed by atoms with van der Waals surface area (Å²) in [6.45, 7) is 4.82. The molecule has 0 radical (unpaired) electrons. The lowest BCUT2D eigenvalue weighted by Gasteiger charge is -2.56. The van der Waals surface area contributed by atoms with E-state index in [0.29, 0.717) is 12.0 Å². The number of methoxy groups -OCH3 is 2. The predicted molar refractivity (Wildman–Crippen MR) is 106 cm³/mol. The number of hydrogen-bond acceptors (Lipinski definition) is 4. The summed E-state index contributed by atoms with van der Waals surface area (Å²) in [5.41, 5.74) is 2.94. The second-order valence-electron chi connectivity index (χ2n) is 8.56. The lowest BCUT2D eigenvalue weighted by molar-refractivity contribution is -0.134. The minimum Gasteiger partial charge on any atom is -0.497 e. The Morgan fingerprint density at radius 3 is 2.85 bits per heavy atom. The fourth-order valence-corrected chi connectivity index (χ4v) is 5.35. The number of carbonyl (C=O) groups excluding carboxylic acids is 1. The van der Waals surface area contributed by atoms with E-state index in [0.717, 1.165) is 37.5 Å². The highest BCUT2D eigenvalue weighted by Crippen LogP contribution is 2.52. The molecule has 2 fully saturated rings. The molecule has 2 bridgehead atoms. The van der Waals surface area contributed by atoms with Gasteiger partial charge in [-0.05, 0) is 73.7 Å². The van der Waals surface area contributed by atoms with Gasteiger partial charge in [-0.15, -0.1) is 0 Å². The van der Waals surface area contributed by atoms with E-state index in [1.54, 1.807) is 13.2 Å². The number of fused-ring (bicyclic) bond motifs is 4. The molecule has 4 nitrogen and oxygen atoms in total. The van der Waals surface area contributed by atoms with Gasteiger partial charge in [-0.3, -0.25) is 4.90 Å². The summed E-state index contributed by atoms with van der Waals surface area (Å²) >= 11 is 0. The monoisotopic (exact) mass is 369 g/mol. The zero-order chi connectivity index (χ0) is 19.0. The van der Waals surface area contributed by atoms with Gasteiger partial charge in [-0.2, -0.15) is 0 Å². The highest BCUT2D eigenvalue weighted by atomic mass is 16.5. The molecule has 1 saturated heterocycles. The Kier molecular flexibility index (Phi) is 5.02. The Balaban J connectivity index is 1.69. The fraction of sp³-hybridized carbons (Fsp3) is 0.609. The van der Waals surface area contributed by atoms with Crippen molar-refractivity contribution in [3.63, 3.8) is 0 Å². The van der Waals surface area contributed by atoms with Crippen LogP contribution in [0.2, 0.25) is 0 Å². The molecule has 1 aromatic carbocycles. The molecule has 1 heterocycles. The van der Waals surface area contributed by atoms with Crippen LogP contribution in [0.3, 0.4) is 0 Å². The van der Waals surface area contributed by atoms with E-state index >= 15 is 0 Å². The summed E-state index contributed by atoms with van der Waals surface area (Å²) in [7, 11) is 3.17. The van der Waals surface area contributed by atoms with Crippen LogP contribution in [-0.2, 0) is 21.4 Å². The van der Waals surface area contributed by atoms with Gasteiger partial charge in [-0.1, -0.05) is 19.1 Å². The van der Waals surface area contributed by atoms with Gasteiger partial charge in [0.2, 0.25) is 0 Å². The number of esters is 1. The molecule has 0 spiro atoms. The van der Waals surface area contributed by atoms with E-state index in [1.165, 1.54) is 37.6 Å². The molecular weight excluding hydrogens is 338 g/mol. The number of hydrogen-bond donors (Lipinski definition) is 0. The zero-order valence-electron chi connectivity index (χ0n) is 16.7. The third-order valence-electron chi connectivity index (χ3n) is 7.17. The van der Waals surface area contributed by atoms with Crippen molar-refractivity contribution in [3.05, 3.63) is 41.5 Å². The standard InChI is InChI=1S/C23H31NO3/c1-16-21-13-18-8-9-19(26-2)14-20(18)23(16,10-4-5-22(25)27-3)11-12-24(21)15-17-6-7-17/h4-5,8-9,14,16-17,21H,6-7,10-13,15H2,1-3H3/t16-,21?,23-/m0/s1. The highest BCUT2D eigenvalue weighted by Gasteiger charge is 2.51. The van der Waals surface area contributed by atoms with Crippen LogP contribution in [0, 0.1) is 11.8 Å². The average Bonchev–Trinajstić information content (AvgIpc) is 3.49. The molecule has 4 rings (SSSR count). The van der Waals surface area contributed by atoms with Gasteiger partial charge in [0.05, 0.1) is 14.2 Å². The molecule has 0 amide bonds. The van der Waals surface area contributed by atoms with Crippen molar-refractivity contribution in [2.45, 2.75) is 50.5 Å². The van der Waals surface area contributed by atoms with Crippen LogP contribution < -0.4 is 4.74 Å². The van der Waals surface area contributed by atoms with Gasteiger partial charge in [0.1, 0.15) is 5.75 Å². The maximum absolute atomic E-state index is 11.6. The van der Waals surface area contributed by atoms with E-state index in [1.807, 2.05) is 6.08 Å². The Labute approximate surface area is 162 Å². The average molecular weight is 370 g/mol. The molecule has 4 heteroatoms. The number of ether oxygens (including phenoxy) is 2. The minimum absolute atomic E-state index is 0.0668. The SMILES string of the molecule is COC(=O)C=CC[C@@]12CCN(CC3CC3)C(Cc3ccc(OC)cc31)[C@@H]2C. The third-order valence-corrected chi connectivity index (χ3v) is 7.17. The summed E-state index contributed by atoms with van der Waals surface area (Å²) in [5.74, 6) is 2.12. The normalized spacial score (nSPS) is 30.2. The van der Waals surface area contributed by atoms with Crippen molar-refractivity contribution in [1.29, 1.82) is 0 Å². The second kappa shape index (κ2) is 7.31. The molecule has 3 atom stereocenters. The first-order valence-corrected chi connectivity index (χ1v) is 10.2. The molecular formula is C23H31NO3. The van der Waals surface area contributed by atoms with Crippen LogP contribution in [-0.4, -0.2) is 44.2 Å². The Morgan fingerprint density at radius 1 is 1.33 bits per heavy atom. The van der Waals surface area contributed by atoms with Crippen molar-refractivity contribution in [1.82, 2.24) is 4.90 Å². The number of rotatable bonds is 6. The Morgan fingerprint density at radius 2 is 2.15 bits per heavy atom. The van der Waals surface area contributed by atoms with Crippen LogP contribution in [0.15, 0.2) is 30.4 Å². The Bertz CT molecular complexity index is 739. The van der Waals surface area contributed by atoms with Gasteiger partial charge in [0, 0.05) is 24.1 Å². The molecule has 1 aliphatic heterocycles. The van der Waals surface area contributed by atoms with Gasteiger partial charge >= 0.3 is 5.97 Å². The van der Waals surface area contributed by atoms with Crippen LogP contribution in [0.5, 0.6) is 5.75 Å². The predicted octanol–water partition coefficient (Wildman–Crippen LogP) is 3.73. The van der Waals surface area contributed by atoms with E-state index in [4.69, 9.17) is 9.47 Å². The summed E-state index contributed by atoms with van der Waals surface area (Å²) in [6, 6.07) is 7.18. The van der Waals surface area contributed by atoms with E-state index in [-0.39, 0.29) is 11.4 Å². The van der Waals surface area contributed by atoms with Crippen molar-refractivity contribution in [2.75, 3.05) is 27.3 Å². The van der Waals surface area contributed by atoms with Crippen molar-refractivity contribution >= 4 is 5.97 Å². The number of benzene rings is 1. The molecule has 3 aliphatic rings. The van der Waals surface area contributed by atoms with Crippen molar-refractivity contribution < 1.29 is 14.3 Å². The Hall–Kier alpha value is -1.81. The lowest BCUT2D eigenvalue weighted by atomic mass is 9.56. The summed E-state index contributed by atoms with van der Waals surface area (Å²) in [5, 5.41) is 0. The summed E-state index contributed by atoms with van der Waals surface area (Å²) < 4.78 is 10.3. The lowest BCUT2D eigenvalue weighted by Crippen LogP contribution is -2.59. The maximum atomic E-state index is 11.6. The highest BCUT2D eigenvalue weighted by molar-refractivity contribution is 5.81. The topological polar surface area (TPSA) is 38.8 Å². The van der Waals surface area contributed by atoms with E-state index < -0.39 is 0 Å². The van der Waals surface area contributed by atoms with Crippen LogP contribution >= 0.6 is 0 Å². The molecule has 1 aromatic rings. The quantitative estimate of drug-likeness (QED) is 0.566. The molecule has 27 heavy (non-hydrogen) atoms.